The summed E-state index contributed by atoms with van der Waals surface area (Å²) in [4.78, 5) is 0. The maximum atomic E-state index is 12.5. The molecule has 1 radical (unpaired) electrons. The Hall–Kier alpha value is 0.300. The van der Waals surface area contributed by atoms with Gasteiger partial charge in [-0.1, -0.05) is 0 Å². The molecule has 109 valence electrons. The molecule has 6 nitrogen and oxygen atoms in total. The summed E-state index contributed by atoms with van der Waals surface area (Å²) in [6.45, 7) is 11.0. The van der Waals surface area contributed by atoms with Crippen LogP contribution in [-0.2, 0) is 27.2 Å². The summed E-state index contributed by atoms with van der Waals surface area (Å²) < 4.78 is 45.4. The molecule has 0 amide bonds. The molecule has 18 heavy (non-hydrogen) atoms. The van der Waals surface area contributed by atoms with Crippen molar-refractivity contribution in [2.75, 3.05) is 26.4 Å². The highest BCUT2D eigenvalue weighted by Gasteiger charge is 2.47. The van der Waals surface area contributed by atoms with E-state index in [9.17, 15) is 9.13 Å². The quantitative estimate of drug-likeness (QED) is 0.573. The van der Waals surface area contributed by atoms with Crippen LogP contribution in [0.3, 0.4) is 0 Å². The van der Waals surface area contributed by atoms with Crippen LogP contribution in [0.2, 0.25) is 0 Å². The van der Waals surface area contributed by atoms with E-state index in [2.05, 4.69) is 6.92 Å². The first-order chi connectivity index (χ1) is 8.40. The first kappa shape index (κ1) is 18.3. The van der Waals surface area contributed by atoms with Crippen LogP contribution < -0.4 is 0 Å². The largest absolute Gasteiger partial charge is 0.345 e. The molecule has 0 bridgehead atoms. The third kappa shape index (κ3) is 4.76. The van der Waals surface area contributed by atoms with Crippen LogP contribution in [0.15, 0.2) is 0 Å². The molecule has 0 aliphatic rings. The minimum Gasteiger partial charge on any atom is -0.308 e. The van der Waals surface area contributed by atoms with Gasteiger partial charge in [0, 0.05) is 0 Å². The summed E-state index contributed by atoms with van der Waals surface area (Å²) in [5.74, 6) is 0. The predicted molar refractivity (Wildman–Crippen MR) is 70.9 cm³/mol. The Morgan fingerprint density at radius 3 is 1.17 bits per heavy atom. The van der Waals surface area contributed by atoms with E-state index in [0.29, 0.717) is 0 Å². The summed E-state index contributed by atoms with van der Waals surface area (Å²) in [6.07, 6.45) is 0. The van der Waals surface area contributed by atoms with E-state index >= 15 is 0 Å². The van der Waals surface area contributed by atoms with E-state index in [0.717, 1.165) is 0 Å². The fourth-order valence-corrected chi connectivity index (χ4v) is 5.77. The van der Waals surface area contributed by atoms with Crippen molar-refractivity contribution >= 4 is 15.2 Å². The van der Waals surface area contributed by atoms with Gasteiger partial charge < -0.3 is 18.1 Å². The van der Waals surface area contributed by atoms with E-state index in [1.54, 1.807) is 27.7 Å². The first-order valence-corrected chi connectivity index (χ1v) is 9.23. The molecule has 0 aliphatic heterocycles. The molecule has 8 heteroatoms. The van der Waals surface area contributed by atoms with Crippen LogP contribution >= 0.6 is 15.2 Å². The van der Waals surface area contributed by atoms with Crippen LogP contribution in [-0.4, -0.2) is 31.8 Å². The highest BCUT2D eigenvalue weighted by molar-refractivity contribution is 7.72. The van der Waals surface area contributed by atoms with Crippen LogP contribution in [0.5, 0.6) is 0 Å². The minimum absolute atomic E-state index is 0.168. The van der Waals surface area contributed by atoms with Gasteiger partial charge in [0.05, 0.1) is 26.4 Å². The van der Waals surface area contributed by atoms with Crippen molar-refractivity contribution in [3.8, 4) is 0 Å². The molecule has 0 aliphatic carbocycles. The second-order valence-corrected chi connectivity index (χ2v) is 8.08. The van der Waals surface area contributed by atoms with Gasteiger partial charge in [0.1, 0.15) is 0 Å². The molecule has 0 fully saturated rings. The van der Waals surface area contributed by atoms with Gasteiger partial charge in [0.2, 0.25) is 0 Å². The smallest absolute Gasteiger partial charge is 0.308 e. The summed E-state index contributed by atoms with van der Waals surface area (Å²) in [6, 6.07) is 0. The highest BCUT2D eigenvalue weighted by Crippen LogP contribution is 2.69. The van der Waals surface area contributed by atoms with E-state index in [4.69, 9.17) is 18.1 Å². The fraction of sp³-hybridized carbons (Fsp3) is 0.900. The maximum absolute atomic E-state index is 12.5. The average molecular weight is 301 g/mol. The molecular formula is C10H23O6P2. The Morgan fingerprint density at radius 1 is 0.778 bits per heavy atom. The Bertz CT molecular complexity index is 269. The zero-order chi connectivity index (χ0) is 14.2. The first-order valence-electron chi connectivity index (χ1n) is 6.00. The van der Waals surface area contributed by atoms with Crippen LogP contribution in [0.1, 0.15) is 27.7 Å². The second kappa shape index (κ2) is 8.47. The minimum atomic E-state index is -3.62. The van der Waals surface area contributed by atoms with Gasteiger partial charge in [0.25, 0.3) is 0 Å². The molecule has 0 rings (SSSR count). The van der Waals surface area contributed by atoms with Crippen LogP contribution in [0, 0.1) is 6.92 Å². The molecule has 0 aromatic rings. The zero-order valence-electron chi connectivity index (χ0n) is 11.5. The molecular weight excluding hydrogens is 278 g/mol. The van der Waals surface area contributed by atoms with Crippen molar-refractivity contribution in [1.82, 2.24) is 0 Å². The van der Waals surface area contributed by atoms with Gasteiger partial charge in [0.15, 0.2) is 5.40 Å². The Balaban J connectivity index is 5.18. The second-order valence-electron chi connectivity index (χ2n) is 3.23. The molecule has 0 atom stereocenters. The lowest BCUT2D eigenvalue weighted by atomic mass is 10.9. The zero-order valence-corrected chi connectivity index (χ0v) is 13.2. The summed E-state index contributed by atoms with van der Waals surface area (Å²) in [7, 11) is -7.23. The molecule has 0 N–H and O–H groups in total. The lowest BCUT2D eigenvalue weighted by Gasteiger charge is -2.28. The van der Waals surface area contributed by atoms with Crippen molar-refractivity contribution in [3.63, 3.8) is 0 Å². The van der Waals surface area contributed by atoms with Crippen molar-refractivity contribution in [3.05, 3.63) is 6.92 Å². The third-order valence-electron chi connectivity index (χ3n) is 1.97. The normalized spacial score (nSPS) is 13.2. The molecule has 0 aromatic heterocycles. The number of hydrogen-bond acceptors (Lipinski definition) is 6. The van der Waals surface area contributed by atoms with E-state index < -0.39 is 20.6 Å². The van der Waals surface area contributed by atoms with Gasteiger partial charge in [-0.15, -0.1) is 0 Å². The average Bonchev–Trinajstić information content (AvgIpc) is 2.29. The summed E-state index contributed by atoms with van der Waals surface area (Å²) in [5.41, 5.74) is 0. The van der Waals surface area contributed by atoms with Crippen molar-refractivity contribution in [2.45, 2.75) is 33.1 Å². The van der Waals surface area contributed by atoms with Crippen molar-refractivity contribution in [2.24, 2.45) is 0 Å². The molecule has 0 saturated carbocycles. The van der Waals surface area contributed by atoms with Gasteiger partial charge in [-0.3, -0.25) is 9.13 Å². The van der Waals surface area contributed by atoms with Gasteiger partial charge >= 0.3 is 15.2 Å². The van der Waals surface area contributed by atoms with E-state index in [1.165, 1.54) is 0 Å². The molecule has 0 unspecified atom stereocenters. The summed E-state index contributed by atoms with van der Waals surface area (Å²) in [5, 5.41) is -1.19. The number of rotatable bonds is 10. The van der Waals surface area contributed by atoms with E-state index in [1.807, 2.05) is 0 Å². The lowest BCUT2D eigenvalue weighted by molar-refractivity contribution is 0.199. The maximum Gasteiger partial charge on any atom is 0.345 e. The fourth-order valence-electron chi connectivity index (χ4n) is 1.31. The molecule has 0 aromatic carbocycles. The Labute approximate surface area is 109 Å². The third-order valence-corrected chi connectivity index (χ3v) is 7.60. The summed E-state index contributed by atoms with van der Waals surface area (Å²) >= 11 is 0. The van der Waals surface area contributed by atoms with Gasteiger partial charge in [-0.05, 0) is 34.6 Å². The monoisotopic (exact) mass is 301 g/mol. The molecule has 0 saturated heterocycles. The van der Waals surface area contributed by atoms with E-state index in [-0.39, 0.29) is 26.4 Å². The predicted octanol–water partition coefficient (Wildman–Crippen LogP) is 3.68. The van der Waals surface area contributed by atoms with Crippen LogP contribution in [0.4, 0.5) is 0 Å². The number of hydrogen-bond donors (Lipinski definition) is 0. The molecule has 0 heterocycles. The van der Waals surface area contributed by atoms with Crippen molar-refractivity contribution in [1.29, 1.82) is 0 Å². The lowest BCUT2D eigenvalue weighted by Crippen LogP contribution is -2.14. The molecule has 0 spiro atoms. The van der Waals surface area contributed by atoms with Crippen LogP contribution in [0.25, 0.3) is 0 Å². The van der Waals surface area contributed by atoms with Gasteiger partial charge in [-0.25, -0.2) is 0 Å². The topological polar surface area (TPSA) is 71.1 Å². The van der Waals surface area contributed by atoms with Crippen molar-refractivity contribution < 1.29 is 27.2 Å². The Morgan fingerprint density at radius 2 is 1.00 bits per heavy atom. The highest BCUT2D eigenvalue weighted by atomic mass is 31.2. The standard InChI is InChI=1S/C10H23O6P2/c1-6-13-17(11,14-7-2)10(5)18(12,15-8-3)16-9-4/h10H,5-9H2,1-4H3. The SMILES string of the molecule is [CH2]C(P(=O)(OCC)OCC)P(=O)(OCC)OCC. The Kier molecular flexibility index (Phi) is 8.61. The van der Waals surface area contributed by atoms with Gasteiger partial charge in [-0.2, -0.15) is 0 Å².